The summed E-state index contributed by atoms with van der Waals surface area (Å²) < 4.78 is 36.9. The average Bonchev–Trinajstić information content (AvgIpc) is 2.50. The number of rotatable bonds is 10. The van der Waals surface area contributed by atoms with Crippen LogP contribution >= 0.6 is 0 Å². The Morgan fingerprint density at radius 3 is 2.46 bits per heavy atom. The highest BCUT2D eigenvalue weighted by atomic mass is 19.4. The van der Waals surface area contributed by atoms with Crippen molar-refractivity contribution < 1.29 is 18.0 Å². The summed E-state index contributed by atoms with van der Waals surface area (Å²) in [6.45, 7) is 5.67. The number of halogens is 3. The molecule has 0 aromatic heterocycles. The fourth-order valence-electron chi connectivity index (χ4n) is 2.07. The van der Waals surface area contributed by atoms with Crippen molar-refractivity contribution >= 4 is 5.78 Å². The molecule has 0 aromatic carbocycles. The second-order valence-corrected chi connectivity index (χ2v) is 5.12. The lowest BCUT2D eigenvalue weighted by Crippen LogP contribution is -2.15. The minimum atomic E-state index is -4.21. The van der Waals surface area contributed by atoms with Crippen molar-refractivity contribution in [3.05, 3.63) is 47.6 Å². The fourth-order valence-corrected chi connectivity index (χ4v) is 2.07. The lowest BCUT2D eigenvalue weighted by molar-refractivity contribution is -0.135. The van der Waals surface area contributed by atoms with Crippen molar-refractivity contribution in [3.8, 4) is 6.07 Å². The second-order valence-electron chi connectivity index (χ2n) is 5.12. The maximum absolute atomic E-state index is 12.3. The third kappa shape index (κ3) is 9.11. The van der Waals surface area contributed by atoms with E-state index < -0.39 is 12.6 Å². The van der Waals surface area contributed by atoms with E-state index >= 15 is 0 Å². The Hall–Kier alpha value is -2.13. The van der Waals surface area contributed by atoms with E-state index in [0.29, 0.717) is 23.3 Å². The molecule has 0 aliphatic heterocycles. The molecule has 0 saturated heterocycles. The van der Waals surface area contributed by atoms with Crippen molar-refractivity contribution in [3.63, 3.8) is 0 Å². The maximum atomic E-state index is 12.3. The van der Waals surface area contributed by atoms with Gasteiger partial charge in [0.15, 0.2) is 5.78 Å². The molecule has 132 valence electrons. The summed E-state index contributed by atoms with van der Waals surface area (Å²) in [4.78, 5) is 12.3. The zero-order valence-corrected chi connectivity index (χ0v) is 14.0. The molecule has 0 aliphatic carbocycles. The van der Waals surface area contributed by atoms with Crippen LogP contribution in [0.4, 0.5) is 13.2 Å². The summed E-state index contributed by atoms with van der Waals surface area (Å²) in [5.74, 6) is -0.334. The van der Waals surface area contributed by atoms with Gasteiger partial charge in [0, 0.05) is 18.5 Å². The Balaban J connectivity index is 5.24. The summed E-state index contributed by atoms with van der Waals surface area (Å²) in [7, 11) is 1.66. The van der Waals surface area contributed by atoms with Crippen LogP contribution in [0.15, 0.2) is 47.6 Å². The van der Waals surface area contributed by atoms with Crippen LogP contribution < -0.4 is 5.32 Å². The van der Waals surface area contributed by atoms with Gasteiger partial charge >= 0.3 is 6.18 Å². The molecule has 0 amide bonds. The van der Waals surface area contributed by atoms with E-state index in [1.165, 1.54) is 12.2 Å². The molecule has 0 radical (unpaired) electrons. The highest BCUT2D eigenvalue weighted by Crippen LogP contribution is 2.24. The van der Waals surface area contributed by atoms with Gasteiger partial charge in [-0.05, 0) is 44.0 Å². The number of ketones is 1. The number of carbonyl (C=O) groups excluding carboxylic acids is 1. The largest absolute Gasteiger partial charge is 0.389 e. The predicted molar refractivity (Wildman–Crippen MR) is 89.2 cm³/mol. The average molecular weight is 340 g/mol. The summed E-state index contributed by atoms with van der Waals surface area (Å²) in [6.07, 6.45) is 1.13. The first kappa shape index (κ1) is 21.9. The van der Waals surface area contributed by atoms with Crippen LogP contribution in [0.1, 0.15) is 32.6 Å². The zero-order valence-electron chi connectivity index (χ0n) is 14.0. The van der Waals surface area contributed by atoms with E-state index in [0.717, 1.165) is 0 Å². The van der Waals surface area contributed by atoms with Crippen LogP contribution in [0.2, 0.25) is 0 Å². The Labute approximate surface area is 141 Å². The topological polar surface area (TPSA) is 52.9 Å². The quantitative estimate of drug-likeness (QED) is 0.473. The predicted octanol–water partition coefficient (Wildman–Crippen LogP) is 4.41. The zero-order chi connectivity index (χ0) is 18.6. The van der Waals surface area contributed by atoms with Gasteiger partial charge in [-0.15, -0.1) is 0 Å². The summed E-state index contributed by atoms with van der Waals surface area (Å²) in [5, 5.41) is 11.5. The molecule has 0 spiro atoms. The standard InChI is InChI=1S/C18H23F3N2O/c1-4-14(10-12-22)8-9-17(24)16(5-2)15(13-23-3)7-6-11-18(19,20)21/h4-5,8-9,23H,2,6-7,10-11,13H2,1,3H3/b9-8-,14-4+,16-15-. The van der Waals surface area contributed by atoms with E-state index in [-0.39, 0.29) is 25.0 Å². The van der Waals surface area contributed by atoms with Gasteiger partial charge in [0.1, 0.15) is 0 Å². The molecule has 3 nitrogen and oxygen atoms in total. The highest BCUT2D eigenvalue weighted by molar-refractivity contribution is 6.06. The number of nitrogens with zero attached hydrogens (tertiary/aromatic N) is 1. The lowest BCUT2D eigenvalue weighted by atomic mass is 9.98. The smallest absolute Gasteiger partial charge is 0.316 e. The summed E-state index contributed by atoms with van der Waals surface area (Å²) in [5.41, 5.74) is 1.59. The number of hydrogen-bond acceptors (Lipinski definition) is 3. The molecular formula is C18H23F3N2O. The van der Waals surface area contributed by atoms with E-state index in [9.17, 15) is 18.0 Å². The van der Waals surface area contributed by atoms with E-state index in [1.54, 1.807) is 26.1 Å². The number of allylic oxidation sites excluding steroid dienone is 6. The number of hydrogen-bond donors (Lipinski definition) is 1. The SMILES string of the molecule is C=C/C(C(=O)/C=C\C(=C/C)CC#N)=C(\CCCC(F)(F)F)CNC. The Morgan fingerprint density at radius 2 is 2.00 bits per heavy atom. The van der Waals surface area contributed by atoms with Crippen LogP contribution in [0.3, 0.4) is 0 Å². The number of alkyl halides is 3. The molecule has 0 saturated carbocycles. The molecule has 0 unspecified atom stereocenters. The molecule has 0 aromatic rings. The van der Waals surface area contributed by atoms with Gasteiger partial charge in [-0.25, -0.2) is 0 Å². The lowest BCUT2D eigenvalue weighted by Gasteiger charge is -2.12. The molecular weight excluding hydrogens is 317 g/mol. The van der Waals surface area contributed by atoms with Crippen molar-refractivity contribution in [2.75, 3.05) is 13.6 Å². The van der Waals surface area contributed by atoms with E-state index in [4.69, 9.17) is 5.26 Å². The highest BCUT2D eigenvalue weighted by Gasteiger charge is 2.26. The van der Waals surface area contributed by atoms with Gasteiger partial charge in [-0.2, -0.15) is 18.4 Å². The molecule has 0 bridgehead atoms. The maximum Gasteiger partial charge on any atom is 0.389 e. The molecule has 24 heavy (non-hydrogen) atoms. The van der Waals surface area contributed by atoms with Gasteiger partial charge in [-0.3, -0.25) is 4.79 Å². The van der Waals surface area contributed by atoms with Crippen molar-refractivity contribution in [1.29, 1.82) is 5.26 Å². The monoisotopic (exact) mass is 340 g/mol. The first-order chi connectivity index (χ1) is 11.3. The minimum absolute atomic E-state index is 0.0800. The third-order valence-corrected chi connectivity index (χ3v) is 3.28. The number of likely N-dealkylation sites (N-methyl/N-ethyl adjacent to an activating group) is 1. The molecule has 0 rings (SSSR count). The van der Waals surface area contributed by atoms with Crippen molar-refractivity contribution in [1.82, 2.24) is 5.32 Å². The molecule has 0 aliphatic rings. The Kier molecular flexibility index (Phi) is 10.4. The van der Waals surface area contributed by atoms with Crippen LogP contribution in [0.25, 0.3) is 0 Å². The fraction of sp³-hybridized carbons (Fsp3) is 0.444. The molecule has 0 fully saturated rings. The normalized spacial score (nSPS) is 13.6. The minimum Gasteiger partial charge on any atom is -0.316 e. The number of nitriles is 1. The molecule has 1 N–H and O–H groups in total. The number of nitrogens with one attached hydrogen (secondary N) is 1. The van der Waals surface area contributed by atoms with Crippen LogP contribution in [-0.4, -0.2) is 25.6 Å². The van der Waals surface area contributed by atoms with Crippen LogP contribution in [0, 0.1) is 11.3 Å². The Morgan fingerprint density at radius 1 is 1.33 bits per heavy atom. The van der Waals surface area contributed by atoms with Gasteiger partial charge in [0.05, 0.1) is 12.5 Å². The van der Waals surface area contributed by atoms with E-state index in [2.05, 4.69) is 11.9 Å². The molecule has 6 heteroatoms. The van der Waals surface area contributed by atoms with E-state index in [1.807, 2.05) is 6.07 Å². The Bertz CT molecular complexity index is 564. The van der Waals surface area contributed by atoms with Gasteiger partial charge in [0.25, 0.3) is 0 Å². The van der Waals surface area contributed by atoms with Crippen molar-refractivity contribution in [2.24, 2.45) is 0 Å². The first-order valence-corrected chi connectivity index (χ1v) is 7.59. The van der Waals surface area contributed by atoms with Crippen LogP contribution in [-0.2, 0) is 4.79 Å². The van der Waals surface area contributed by atoms with Crippen LogP contribution in [0.5, 0.6) is 0 Å². The van der Waals surface area contributed by atoms with Gasteiger partial charge < -0.3 is 5.32 Å². The van der Waals surface area contributed by atoms with Gasteiger partial charge in [-0.1, -0.05) is 24.8 Å². The third-order valence-electron chi connectivity index (χ3n) is 3.28. The molecule has 0 atom stereocenters. The second kappa shape index (κ2) is 11.4. The summed E-state index contributed by atoms with van der Waals surface area (Å²) >= 11 is 0. The number of carbonyl (C=O) groups is 1. The van der Waals surface area contributed by atoms with Gasteiger partial charge in [0.2, 0.25) is 0 Å². The molecule has 0 heterocycles. The summed E-state index contributed by atoms with van der Waals surface area (Å²) in [6, 6.07) is 1.99. The first-order valence-electron chi connectivity index (χ1n) is 7.59. The van der Waals surface area contributed by atoms with Crippen molar-refractivity contribution in [2.45, 2.75) is 38.8 Å².